The average Bonchev–Trinajstić information content (AvgIpc) is 2.43. The molecule has 1 aliphatic rings. The van der Waals surface area contributed by atoms with E-state index in [1.165, 1.54) is 0 Å². The summed E-state index contributed by atoms with van der Waals surface area (Å²) in [5.41, 5.74) is 5.18. The maximum atomic E-state index is 12.2. The van der Waals surface area contributed by atoms with Crippen LogP contribution < -0.4 is 5.43 Å². The molecular weight excluding hydrogens is 238 g/mol. The van der Waals surface area contributed by atoms with Gasteiger partial charge in [0.15, 0.2) is 0 Å². The third kappa shape index (κ3) is 2.48. The van der Waals surface area contributed by atoms with Gasteiger partial charge in [0, 0.05) is 24.8 Å². The number of amides is 1. The maximum absolute atomic E-state index is 12.2. The van der Waals surface area contributed by atoms with Crippen molar-refractivity contribution in [3.8, 4) is 11.1 Å². The lowest BCUT2D eigenvalue weighted by Gasteiger charge is -2.30. The second-order valence-corrected chi connectivity index (χ2v) is 4.49. The van der Waals surface area contributed by atoms with Gasteiger partial charge in [-0.1, -0.05) is 30.3 Å². The van der Waals surface area contributed by atoms with Crippen LogP contribution in [0, 0.1) is 6.20 Å². The predicted octanol–water partition coefficient (Wildman–Crippen LogP) is 1.90. The van der Waals surface area contributed by atoms with E-state index in [1.54, 1.807) is 12.3 Å². The first-order chi connectivity index (χ1) is 9.34. The zero-order valence-electron chi connectivity index (χ0n) is 10.5. The molecule has 1 aliphatic heterocycles. The van der Waals surface area contributed by atoms with Crippen molar-refractivity contribution in [3.63, 3.8) is 0 Å². The van der Waals surface area contributed by atoms with E-state index in [1.807, 2.05) is 35.3 Å². The number of carbonyl (C=O) groups is 1. The molecule has 1 fully saturated rings. The fourth-order valence-corrected chi connectivity index (χ4v) is 2.00. The highest BCUT2D eigenvalue weighted by Gasteiger charge is 2.19. The third-order valence-corrected chi connectivity index (χ3v) is 3.18. The van der Waals surface area contributed by atoms with Gasteiger partial charge in [0.1, 0.15) is 0 Å². The molecule has 1 amide bonds. The molecule has 0 aliphatic carbocycles. The lowest BCUT2D eigenvalue weighted by molar-refractivity contribution is 0.0643. The predicted molar refractivity (Wildman–Crippen MR) is 72.2 cm³/mol. The topological polar surface area (TPSA) is 45.2 Å². The lowest BCUT2D eigenvalue weighted by atomic mass is 10.0. The molecule has 1 saturated heterocycles. The van der Waals surface area contributed by atoms with Gasteiger partial charge in [-0.3, -0.25) is 15.2 Å². The van der Waals surface area contributed by atoms with Crippen molar-refractivity contribution in [1.29, 1.82) is 0 Å². The zero-order valence-corrected chi connectivity index (χ0v) is 10.5. The second kappa shape index (κ2) is 5.20. The summed E-state index contributed by atoms with van der Waals surface area (Å²) < 4.78 is 0. The van der Waals surface area contributed by atoms with Crippen molar-refractivity contribution >= 4 is 5.91 Å². The third-order valence-electron chi connectivity index (χ3n) is 3.18. The smallest absolute Gasteiger partial charge is 0.266 e. The summed E-state index contributed by atoms with van der Waals surface area (Å²) in [5, 5.41) is 1.91. The number of rotatable bonds is 3. The van der Waals surface area contributed by atoms with Crippen LogP contribution in [0.2, 0.25) is 0 Å². The SMILES string of the molecule is O=C(NN1CCC1)c1ccn[c]c1-c1ccccc1. The molecule has 0 spiro atoms. The number of nitrogens with one attached hydrogen (secondary N) is 1. The van der Waals surface area contributed by atoms with Gasteiger partial charge >= 0.3 is 0 Å². The molecule has 0 bridgehead atoms. The van der Waals surface area contributed by atoms with Crippen molar-refractivity contribution in [2.75, 3.05) is 13.1 Å². The van der Waals surface area contributed by atoms with Gasteiger partial charge in [0.2, 0.25) is 0 Å². The van der Waals surface area contributed by atoms with E-state index >= 15 is 0 Å². The van der Waals surface area contributed by atoms with Gasteiger partial charge in [0.05, 0.1) is 11.8 Å². The van der Waals surface area contributed by atoms with Crippen LogP contribution in [0.4, 0.5) is 0 Å². The Morgan fingerprint density at radius 2 is 2.00 bits per heavy atom. The van der Waals surface area contributed by atoms with Crippen LogP contribution in [0.1, 0.15) is 16.8 Å². The highest BCUT2D eigenvalue weighted by molar-refractivity contribution is 6.00. The maximum Gasteiger partial charge on any atom is 0.266 e. The summed E-state index contributed by atoms with van der Waals surface area (Å²) in [6.07, 6.45) is 5.64. The highest BCUT2D eigenvalue weighted by atomic mass is 16.2. The molecule has 1 aromatic carbocycles. The fraction of sp³-hybridized carbons (Fsp3) is 0.200. The molecule has 1 radical (unpaired) electrons. The molecule has 4 heteroatoms. The van der Waals surface area contributed by atoms with Gasteiger partial charge in [-0.15, -0.1) is 0 Å². The minimum Gasteiger partial charge on any atom is -0.285 e. The Bertz CT molecular complexity index is 579. The first-order valence-corrected chi connectivity index (χ1v) is 6.32. The summed E-state index contributed by atoms with van der Waals surface area (Å²) in [6, 6.07) is 11.5. The van der Waals surface area contributed by atoms with E-state index in [-0.39, 0.29) is 5.91 Å². The molecule has 1 N–H and O–H groups in total. The monoisotopic (exact) mass is 252 g/mol. The zero-order chi connectivity index (χ0) is 13.1. The first-order valence-electron chi connectivity index (χ1n) is 6.32. The average molecular weight is 252 g/mol. The van der Waals surface area contributed by atoms with Crippen molar-refractivity contribution < 1.29 is 4.79 Å². The summed E-state index contributed by atoms with van der Waals surface area (Å²) in [7, 11) is 0. The second-order valence-electron chi connectivity index (χ2n) is 4.49. The molecular formula is C15H14N3O. The number of hydrogen-bond acceptors (Lipinski definition) is 3. The van der Waals surface area contributed by atoms with E-state index in [0.29, 0.717) is 5.56 Å². The van der Waals surface area contributed by atoms with Crippen molar-refractivity contribution in [1.82, 2.24) is 15.4 Å². The van der Waals surface area contributed by atoms with Crippen LogP contribution in [-0.4, -0.2) is 29.0 Å². The number of nitrogens with zero attached hydrogens (tertiary/aromatic N) is 2. The molecule has 0 atom stereocenters. The van der Waals surface area contributed by atoms with Crippen LogP contribution in [0.3, 0.4) is 0 Å². The van der Waals surface area contributed by atoms with Crippen molar-refractivity contribution in [2.45, 2.75) is 6.42 Å². The number of benzene rings is 1. The van der Waals surface area contributed by atoms with E-state index in [9.17, 15) is 4.79 Å². The number of aromatic nitrogens is 1. The largest absolute Gasteiger partial charge is 0.285 e. The fourth-order valence-electron chi connectivity index (χ4n) is 2.00. The Hall–Kier alpha value is -2.20. The van der Waals surface area contributed by atoms with Gasteiger partial charge in [-0.2, -0.15) is 0 Å². The summed E-state index contributed by atoms with van der Waals surface area (Å²) in [6.45, 7) is 1.84. The minimum absolute atomic E-state index is 0.0998. The summed E-state index contributed by atoms with van der Waals surface area (Å²) >= 11 is 0. The van der Waals surface area contributed by atoms with Gasteiger partial charge < -0.3 is 0 Å². The Morgan fingerprint density at radius 1 is 1.21 bits per heavy atom. The minimum atomic E-state index is -0.0998. The molecule has 0 unspecified atom stereocenters. The van der Waals surface area contributed by atoms with Gasteiger partial charge in [0.25, 0.3) is 5.91 Å². The van der Waals surface area contributed by atoms with Gasteiger partial charge in [-0.25, -0.2) is 5.01 Å². The number of pyridine rings is 1. The molecule has 2 heterocycles. The quantitative estimate of drug-likeness (QED) is 0.907. The lowest BCUT2D eigenvalue weighted by Crippen LogP contribution is -2.50. The molecule has 95 valence electrons. The number of hydrogen-bond donors (Lipinski definition) is 1. The molecule has 0 saturated carbocycles. The van der Waals surface area contributed by atoms with Crippen LogP contribution in [0.15, 0.2) is 42.6 Å². The van der Waals surface area contributed by atoms with Crippen molar-refractivity contribution in [2.24, 2.45) is 0 Å². The van der Waals surface area contributed by atoms with Crippen LogP contribution in [-0.2, 0) is 0 Å². The number of carbonyl (C=O) groups excluding carboxylic acids is 1. The standard InChI is InChI=1S/C15H14N3O/c19-15(17-18-9-4-10-18)13-7-8-16-11-14(13)12-5-2-1-3-6-12/h1-3,5-8H,4,9-10H2,(H,17,19). The Kier molecular flexibility index (Phi) is 3.25. The molecule has 3 rings (SSSR count). The Labute approximate surface area is 112 Å². The summed E-state index contributed by atoms with van der Waals surface area (Å²) in [5.74, 6) is -0.0998. The Balaban J connectivity index is 1.90. The first kappa shape index (κ1) is 11.9. The van der Waals surface area contributed by atoms with Crippen molar-refractivity contribution in [3.05, 3.63) is 54.4 Å². The van der Waals surface area contributed by atoms with E-state index < -0.39 is 0 Å². The Morgan fingerprint density at radius 3 is 2.68 bits per heavy atom. The molecule has 2 aromatic rings. The highest BCUT2D eigenvalue weighted by Crippen LogP contribution is 2.22. The van der Waals surface area contributed by atoms with E-state index in [2.05, 4.69) is 16.6 Å². The molecule has 19 heavy (non-hydrogen) atoms. The van der Waals surface area contributed by atoms with Crippen LogP contribution in [0.5, 0.6) is 0 Å². The van der Waals surface area contributed by atoms with Crippen LogP contribution >= 0.6 is 0 Å². The van der Waals surface area contributed by atoms with E-state index in [4.69, 9.17) is 0 Å². The molecule has 1 aromatic heterocycles. The molecule has 4 nitrogen and oxygen atoms in total. The summed E-state index contributed by atoms with van der Waals surface area (Å²) in [4.78, 5) is 16.2. The van der Waals surface area contributed by atoms with Gasteiger partial charge in [-0.05, 0) is 18.1 Å². The normalized spacial score (nSPS) is 14.7. The number of hydrazine groups is 1. The van der Waals surface area contributed by atoms with E-state index in [0.717, 1.165) is 30.6 Å². The van der Waals surface area contributed by atoms with Crippen LogP contribution in [0.25, 0.3) is 11.1 Å².